The first-order chi connectivity index (χ1) is 17.0. The Kier molecular flexibility index (Phi) is 7.80. The van der Waals surface area contributed by atoms with Gasteiger partial charge in [-0.1, -0.05) is 64.1 Å². The predicted molar refractivity (Wildman–Crippen MR) is 136 cm³/mol. The van der Waals surface area contributed by atoms with Gasteiger partial charge in [-0.15, -0.1) is 10.2 Å². The number of hydrogen-bond acceptors (Lipinski definition) is 7. The molecule has 4 aromatic rings. The summed E-state index contributed by atoms with van der Waals surface area (Å²) in [5.41, 5.74) is 2.78. The van der Waals surface area contributed by atoms with Crippen molar-refractivity contribution in [3.8, 4) is 17.5 Å². The van der Waals surface area contributed by atoms with Gasteiger partial charge >= 0.3 is 0 Å². The number of benzene rings is 3. The lowest BCUT2D eigenvalue weighted by Crippen LogP contribution is -2.13. The molecule has 0 aliphatic heterocycles. The van der Waals surface area contributed by atoms with Crippen LogP contribution in [0, 0.1) is 28.4 Å². The Morgan fingerprint density at radius 2 is 1.89 bits per heavy atom. The van der Waals surface area contributed by atoms with Gasteiger partial charge in [0, 0.05) is 26.2 Å². The van der Waals surface area contributed by atoms with E-state index in [1.54, 1.807) is 18.2 Å². The van der Waals surface area contributed by atoms with Crippen LogP contribution in [0.15, 0.2) is 82.4 Å². The summed E-state index contributed by atoms with van der Waals surface area (Å²) in [6, 6.07) is 24.4. The highest BCUT2D eigenvalue weighted by Crippen LogP contribution is 2.41. The SMILES string of the molecule is Cc1nnc(S[C@@H](C[N+](=O)[O-])c2cc(Br)ccc2OCc2ccccc2C#N)n1-c1ccccc1. The quantitative estimate of drug-likeness (QED) is 0.145. The Balaban J connectivity index is 1.69. The van der Waals surface area contributed by atoms with Gasteiger partial charge in [0.2, 0.25) is 6.54 Å². The minimum Gasteiger partial charge on any atom is -0.489 e. The number of aromatic nitrogens is 3. The maximum Gasteiger partial charge on any atom is 0.220 e. The molecule has 0 bridgehead atoms. The van der Waals surface area contributed by atoms with E-state index in [0.717, 1.165) is 15.7 Å². The van der Waals surface area contributed by atoms with E-state index in [4.69, 9.17) is 4.74 Å². The molecule has 0 spiro atoms. The van der Waals surface area contributed by atoms with E-state index in [2.05, 4.69) is 32.2 Å². The monoisotopic (exact) mass is 549 g/mol. The summed E-state index contributed by atoms with van der Waals surface area (Å²) < 4.78 is 8.73. The highest BCUT2D eigenvalue weighted by molar-refractivity contribution is 9.10. The number of thioether (sulfide) groups is 1. The van der Waals surface area contributed by atoms with Crippen molar-refractivity contribution in [1.82, 2.24) is 14.8 Å². The fourth-order valence-corrected chi connectivity index (χ4v) is 5.14. The van der Waals surface area contributed by atoms with Gasteiger partial charge in [-0.05, 0) is 43.3 Å². The molecule has 8 nitrogen and oxygen atoms in total. The molecule has 0 fully saturated rings. The standard InChI is InChI=1S/C25H20BrN5O3S/c1-17-28-29-25(31(17)21-9-3-2-4-10-21)35-24(15-30(32)33)22-13-20(26)11-12-23(22)34-16-19-8-6-5-7-18(19)14-27/h2-13,24H,15-16H2,1H3/t24-/m0/s1. The molecule has 3 aromatic carbocycles. The normalized spacial score (nSPS) is 11.6. The molecular weight excluding hydrogens is 530 g/mol. The summed E-state index contributed by atoms with van der Waals surface area (Å²) in [5.74, 6) is 1.18. The molecule has 1 aromatic heterocycles. The number of nitro groups is 1. The van der Waals surface area contributed by atoms with Crippen LogP contribution in [0.5, 0.6) is 5.75 Å². The van der Waals surface area contributed by atoms with Crippen molar-refractivity contribution in [3.05, 3.63) is 110 Å². The molecule has 0 radical (unpaired) electrons. The Hall–Kier alpha value is -3.68. The summed E-state index contributed by atoms with van der Waals surface area (Å²) >= 11 is 4.74. The lowest BCUT2D eigenvalue weighted by molar-refractivity contribution is -0.479. The predicted octanol–water partition coefficient (Wildman–Crippen LogP) is 5.90. The molecule has 35 heavy (non-hydrogen) atoms. The number of nitriles is 1. The molecule has 0 saturated heterocycles. The van der Waals surface area contributed by atoms with E-state index in [1.165, 1.54) is 11.8 Å². The zero-order chi connectivity index (χ0) is 24.8. The maximum atomic E-state index is 11.7. The Labute approximate surface area is 214 Å². The molecule has 1 heterocycles. The molecule has 0 aliphatic carbocycles. The molecule has 0 unspecified atom stereocenters. The lowest BCUT2D eigenvalue weighted by Gasteiger charge is -2.18. The van der Waals surface area contributed by atoms with Crippen molar-refractivity contribution in [2.24, 2.45) is 0 Å². The number of aryl methyl sites for hydroxylation is 1. The van der Waals surface area contributed by atoms with Crippen LogP contribution in [-0.2, 0) is 6.61 Å². The van der Waals surface area contributed by atoms with Gasteiger partial charge in [-0.3, -0.25) is 14.7 Å². The van der Waals surface area contributed by atoms with Gasteiger partial charge in [0.05, 0.1) is 11.6 Å². The molecule has 0 amide bonds. The van der Waals surface area contributed by atoms with Crippen molar-refractivity contribution in [1.29, 1.82) is 5.26 Å². The number of ether oxygens (including phenoxy) is 1. The summed E-state index contributed by atoms with van der Waals surface area (Å²) in [6.07, 6.45) is 0. The third-order valence-corrected chi connectivity index (χ3v) is 6.87. The first-order valence-electron chi connectivity index (χ1n) is 10.6. The van der Waals surface area contributed by atoms with Gasteiger partial charge in [-0.25, -0.2) is 0 Å². The van der Waals surface area contributed by atoms with Gasteiger partial charge in [0.15, 0.2) is 5.16 Å². The third-order valence-electron chi connectivity index (χ3n) is 5.21. The summed E-state index contributed by atoms with van der Waals surface area (Å²) in [6.45, 7) is 1.66. The van der Waals surface area contributed by atoms with Crippen LogP contribution in [-0.4, -0.2) is 26.2 Å². The van der Waals surface area contributed by atoms with Crippen molar-refractivity contribution >= 4 is 27.7 Å². The van der Waals surface area contributed by atoms with Crippen molar-refractivity contribution in [2.45, 2.75) is 23.9 Å². The second-order valence-corrected chi connectivity index (χ2v) is 9.65. The molecule has 10 heteroatoms. The minimum absolute atomic E-state index is 0.160. The van der Waals surface area contributed by atoms with Crippen molar-refractivity contribution < 1.29 is 9.66 Å². The molecule has 1 atom stereocenters. The Morgan fingerprint density at radius 1 is 1.14 bits per heavy atom. The van der Waals surface area contributed by atoms with Crippen LogP contribution in [0.1, 0.15) is 27.8 Å². The van der Waals surface area contributed by atoms with Crippen LogP contribution >= 0.6 is 27.7 Å². The van der Waals surface area contributed by atoms with E-state index in [9.17, 15) is 15.4 Å². The number of rotatable bonds is 9. The largest absolute Gasteiger partial charge is 0.489 e. The molecule has 0 aliphatic rings. The van der Waals surface area contributed by atoms with Gasteiger partial charge < -0.3 is 4.74 Å². The van der Waals surface area contributed by atoms with Gasteiger partial charge in [0.1, 0.15) is 23.4 Å². The minimum atomic E-state index is -0.602. The first-order valence-corrected chi connectivity index (χ1v) is 12.3. The smallest absolute Gasteiger partial charge is 0.220 e. The summed E-state index contributed by atoms with van der Waals surface area (Å²) in [5, 5.41) is 29.5. The van der Waals surface area contributed by atoms with E-state index in [0.29, 0.717) is 27.9 Å². The van der Waals surface area contributed by atoms with Crippen LogP contribution in [0.4, 0.5) is 0 Å². The van der Waals surface area contributed by atoms with Gasteiger partial charge in [0.25, 0.3) is 0 Å². The zero-order valence-corrected chi connectivity index (χ0v) is 21.1. The fourth-order valence-electron chi connectivity index (χ4n) is 3.57. The van der Waals surface area contributed by atoms with Gasteiger partial charge in [-0.2, -0.15) is 5.26 Å². The van der Waals surface area contributed by atoms with E-state index in [-0.39, 0.29) is 18.1 Å². The summed E-state index contributed by atoms with van der Waals surface area (Å²) in [4.78, 5) is 11.3. The molecule has 176 valence electrons. The topological polar surface area (TPSA) is 107 Å². The highest BCUT2D eigenvalue weighted by Gasteiger charge is 2.27. The van der Waals surface area contributed by atoms with E-state index >= 15 is 0 Å². The molecule has 0 saturated carbocycles. The number of nitrogens with zero attached hydrogens (tertiary/aromatic N) is 5. The van der Waals surface area contributed by atoms with E-state index < -0.39 is 5.25 Å². The van der Waals surface area contributed by atoms with Crippen molar-refractivity contribution in [3.63, 3.8) is 0 Å². The third kappa shape index (κ3) is 5.88. The zero-order valence-electron chi connectivity index (χ0n) is 18.7. The second-order valence-electron chi connectivity index (χ2n) is 7.56. The first kappa shape index (κ1) is 24.4. The molecule has 0 N–H and O–H groups in total. The number of hydrogen-bond donors (Lipinski definition) is 0. The van der Waals surface area contributed by atoms with Crippen LogP contribution in [0.25, 0.3) is 5.69 Å². The maximum absolute atomic E-state index is 11.7. The molecule has 4 rings (SSSR count). The Morgan fingerprint density at radius 3 is 2.63 bits per heavy atom. The lowest BCUT2D eigenvalue weighted by atomic mass is 10.1. The Bertz CT molecular complexity index is 1390. The average molecular weight is 550 g/mol. The van der Waals surface area contributed by atoms with Crippen LogP contribution in [0.2, 0.25) is 0 Å². The number of para-hydroxylation sites is 1. The molecular formula is C25H20BrN5O3S. The van der Waals surface area contributed by atoms with Crippen LogP contribution < -0.4 is 4.74 Å². The second kappa shape index (κ2) is 11.2. The van der Waals surface area contributed by atoms with Crippen LogP contribution in [0.3, 0.4) is 0 Å². The fraction of sp³-hybridized carbons (Fsp3) is 0.160. The van der Waals surface area contributed by atoms with Crippen molar-refractivity contribution in [2.75, 3.05) is 6.54 Å². The number of halogens is 1. The highest BCUT2D eigenvalue weighted by atomic mass is 79.9. The van der Waals surface area contributed by atoms with E-state index in [1.807, 2.05) is 66.1 Å². The summed E-state index contributed by atoms with van der Waals surface area (Å²) in [7, 11) is 0. The average Bonchev–Trinajstić information content (AvgIpc) is 3.23.